The van der Waals surface area contributed by atoms with Crippen LogP contribution in [-0.4, -0.2) is 34.3 Å². The molecule has 1 aliphatic carbocycles. The minimum absolute atomic E-state index is 0.150. The molecule has 1 aromatic carbocycles. The summed E-state index contributed by atoms with van der Waals surface area (Å²) in [6, 6.07) is 3.92. The Morgan fingerprint density at radius 1 is 1.33 bits per heavy atom. The first-order valence-electron chi connectivity index (χ1n) is 7.82. The molecule has 2 fully saturated rings. The van der Waals surface area contributed by atoms with Crippen LogP contribution in [0, 0.1) is 5.82 Å². The van der Waals surface area contributed by atoms with Crippen molar-refractivity contribution in [1.82, 2.24) is 15.7 Å². The smallest absolute Gasteiger partial charge is 0.325 e. The highest BCUT2D eigenvalue weighted by Crippen LogP contribution is 2.35. The van der Waals surface area contributed by atoms with Gasteiger partial charge >= 0.3 is 6.03 Å². The monoisotopic (exact) mass is 335 g/mol. The van der Waals surface area contributed by atoms with Gasteiger partial charge in [-0.2, -0.15) is 5.48 Å². The summed E-state index contributed by atoms with van der Waals surface area (Å²) in [5.74, 6) is -1.89. The van der Waals surface area contributed by atoms with Crippen LogP contribution in [0.15, 0.2) is 24.3 Å². The molecule has 128 valence electrons. The maximum Gasteiger partial charge on any atom is 0.325 e. The van der Waals surface area contributed by atoms with Gasteiger partial charge in [0, 0.05) is 0 Å². The van der Waals surface area contributed by atoms with Crippen LogP contribution in [0.25, 0.3) is 0 Å². The van der Waals surface area contributed by atoms with Crippen LogP contribution in [-0.2, 0) is 9.59 Å². The summed E-state index contributed by atoms with van der Waals surface area (Å²) in [7, 11) is 0. The van der Waals surface area contributed by atoms with Crippen LogP contribution in [0.1, 0.15) is 32.6 Å². The number of para-hydroxylation sites is 1. The number of nitrogens with one attached hydrogen (secondary N) is 2. The summed E-state index contributed by atoms with van der Waals surface area (Å²) in [5.41, 5.74) is 1.21. The second-order valence-electron chi connectivity index (χ2n) is 6.07. The van der Waals surface area contributed by atoms with E-state index in [1.807, 2.05) is 0 Å². The Labute approximate surface area is 138 Å². The number of nitrogens with zero attached hydrogens (tertiary/aromatic N) is 1. The van der Waals surface area contributed by atoms with Gasteiger partial charge in [0.15, 0.2) is 11.6 Å². The van der Waals surface area contributed by atoms with Crippen LogP contribution in [0.5, 0.6) is 5.75 Å². The van der Waals surface area contributed by atoms with Gasteiger partial charge in [-0.25, -0.2) is 14.1 Å². The summed E-state index contributed by atoms with van der Waals surface area (Å²) in [6.07, 6.45) is 2.87. The minimum atomic E-state index is -1.07. The first kappa shape index (κ1) is 16.2. The third-order valence-electron chi connectivity index (χ3n) is 4.52. The number of imide groups is 1. The van der Waals surface area contributed by atoms with Gasteiger partial charge in [0.05, 0.1) is 0 Å². The molecular weight excluding hydrogens is 317 g/mol. The molecule has 7 nitrogen and oxygen atoms in total. The molecule has 1 saturated carbocycles. The van der Waals surface area contributed by atoms with Gasteiger partial charge < -0.3 is 10.2 Å². The normalized spacial score (nSPS) is 20.2. The topological polar surface area (TPSA) is 87.7 Å². The molecule has 8 heteroatoms. The lowest BCUT2D eigenvalue weighted by Crippen LogP contribution is -2.50. The molecule has 4 amide bonds. The quantitative estimate of drug-likeness (QED) is 0.645. The van der Waals surface area contributed by atoms with E-state index < -0.39 is 35.2 Å². The molecule has 2 aliphatic rings. The van der Waals surface area contributed by atoms with Crippen molar-refractivity contribution < 1.29 is 23.6 Å². The SMILES string of the molecule is CC(C(=O)NOc1ccccc1F)N1C(=O)NC2(CCCC2)C1=O. The van der Waals surface area contributed by atoms with Crippen molar-refractivity contribution in [2.24, 2.45) is 0 Å². The fraction of sp³-hybridized carbons (Fsp3) is 0.438. The second kappa shape index (κ2) is 6.10. The maximum atomic E-state index is 13.5. The van der Waals surface area contributed by atoms with E-state index in [-0.39, 0.29) is 5.75 Å². The molecule has 1 saturated heterocycles. The summed E-state index contributed by atoms with van der Waals surface area (Å²) in [6.45, 7) is 1.42. The Morgan fingerprint density at radius 3 is 2.67 bits per heavy atom. The van der Waals surface area contributed by atoms with Gasteiger partial charge in [-0.1, -0.05) is 25.0 Å². The fourth-order valence-corrected chi connectivity index (χ4v) is 3.15. The van der Waals surface area contributed by atoms with Crippen LogP contribution in [0.3, 0.4) is 0 Å². The van der Waals surface area contributed by atoms with E-state index in [0.29, 0.717) is 12.8 Å². The predicted molar refractivity (Wildman–Crippen MR) is 81.2 cm³/mol. The molecule has 1 aromatic rings. The van der Waals surface area contributed by atoms with Crippen molar-refractivity contribution in [2.45, 2.75) is 44.2 Å². The van der Waals surface area contributed by atoms with Crippen molar-refractivity contribution in [3.63, 3.8) is 0 Å². The van der Waals surface area contributed by atoms with E-state index in [0.717, 1.165) is 17.7 Å². The molecule has 0 bridgehead atoms. The molecule has 1 atom stereocenters. The Morgan fingerprint density at radius 2 is 2.00 bits per heavy atom. The third-order valence-corrected chi connectivity index (χ3v) is 4.52. The van der Waals surface area contributed by atoms with E-state index in [1.165, 1.54) is 25.1 Å². The molecule has 2 N–H and O–H groups in total. The van der Waals surface area contributed by atoms with Crippen LogP contribution < -0.4 is 15.6 Å². The van der Waals surface area contributed by atoms with Crippen LogP contribution in [0.2, 0.25) is 0 Å². The molecule has 0 aromatic heterocycles. The zero-order chi connectivity index (χ0) is 17.3. The average molecular weight is 335 g/mol. The summed E-state index contributed by atoms with van der Waals surface area (Å²) < 4.78 is 13.5. The third kappa shape index (κ3) is 2.68. The van der Waals surface area contributed by atoms with Crippen molar-refractivity contribution in [2.75, 3.05) is 0 Å². The number of carbonyl (C=O) groups is 3. The number of halogens is 1. The highest BCUT2D eigenvalue weighted by Gasteiger charge is 2.54. The molecule has 1 aliphatic heterocycles. The van der Waals surface area contributed by atoms with E-state index >= 15 is 0 Å². The lowest BCUT2D eigenvalue weighted by atomic mass is 9.97. The molecule has 1 heterocycles. The highest BCUT2D eigenvalue weighted by molar-refractivity contribution is 6.09. The molecule has 1 spiro atoms. The molecule has 3 rings (SSSR count). The number of hydrogen-bond acceptors (Lipinski definition) is 4. The number of urea groups is 1. The number of benzene rings is 1. The molecule has 0 radical (unpaired) electrons. The molecule has 1 unspecified atom stereocenters. The van der Waals surface area contributed by atoms with Gasteiger partial charge in [-0.05, 0) is 31.9 Å². The number of carbonyl (C=O) groups excluding carboxylic acids is 3. The Hall–Kier alpha value is -2.64. The van der Waals surface area contributed by atoms with Crippen molar-refractivity contribution in [1.29, 1.82) is 0 Å². The van der Waals surface area contributed by atoms with Crippen molar-refractivity contribution in [3.05, 3.63) is 30.1 Å². The zero-order valence-electron chi connectivity index (χ0n) is 13.2. The Kier molecular flexibility index (Phi) is 4.13. The minimum Gasteiger partial charge on any atom is -0.376 e. The number of hydroxylamine groups is 1. The Bertz CT molecular complexity index is 688. The van der Waals surface area contributed by atoms with Gasteiger partial charge in [0.2, 0.25) is 0 Å². The van der Waals surface area contributed by atoms with Gasteiger partial charge in [0.25, 0.3) is 11.8 Å². The lowest BCUT2D eigenvalue weighted by molar-refractivity contribution is -0.140. The summed E-state index contributed by atoms with van der Waals surface area (Å²) >= 11 is 0. The van der Waals surface area contributed by atoms with E-state index in [2.05, 4.69) is 10.8 Å². The van der Waals surface area contributed by atoms with Crippen molar-refractivity contribution in [3.8, 4) is 5.75 Å². The molecule has 24 heavy (non-hydrogen) atoms. The average Bonchev–Trinajstić information content (AvgIpc) is 3.12. The first-order valence-corrected chi connectivity index (χ1v) is 7.82. The van der Waals surface area contributed by atoms with Crippen LogP contribution in [0.4, 0.5) is 9.18 Å². The van der Waals surface area contributed by atoms with Crippen molar-refractivity contribution >= 4 is 17.8 Å². The number of amides is 4. The summed E-state index contributed by atoms with van der Waals surface area (Å²) in [5, 5.41) is 2.70. The molecular formula is C16H18FN3O4. The number of rotatable bonds is 4. The fourth-order valence-electron chi connectivity index (χ4n) is 3.15. The van der Waals surface area contributed by atoms with Gasteiger partial charge in [0.1, 0.15) is 11.6 Å². The summed E-state index contributed by atoms with van der Waals surface area (Å²) in [4.78, 5) is 42.7. The standard InChI is InChI=1S/C16H18FN3O4/c1-10(13(21)19-24-12-7-3-2-6-11(12)17)20-14(22)16(18-15(20)23)8-4-5-9-16/h2-3,6-7,10H,4-5,8-9H2,1H3,(H,18,23)(H,19,21). The van der Waals surface area contributed by atoms with E-state index in [9.17, 15) is 18.8 Å². The zero-order valence-corrected chi connectivity index (χ0v) is 13.2. The first-order chi connectivity index (χ1) is 11.4. The maximum absolute atomic E-state index is 13.5. The largest absolute Gasteiger partial charge is 0.376 e. The van der Waals surface area contributed by atoms with E-state index in [1.54, 1.807) is 6.07 Å². The highest BCUT2D eigenvalue weighted by atomic mass is 19.1. The second-order valence-corrected chi connectivity index (χ2v) is 6.07. The number of hydrogen-bond donors (Lipinski definition) is 2. The van der Waals surface area contributed by atoms with Gasteiger partial charge in [-0.15, -0.1) is 0 Å². The van der Waals surface area contributed by atoms with Gasteiger partial charge in [-0.3, -0.25) is 9.59 Å². The predicted octanol–water partition coefficient (Wildman–Crippen LogP) is 1.49. The van der Waals surface area contributed by atoms with Crippen LogP contribution >= 0.6 is 0 Å². The van der Waals surface area contributed by atoms with E-state index in [4.69, 9.17) is 4.84 Å². The lowest BCUT2D eigenvalue weighted by Gasteiger charge is -2.23. The Balaban J connectivity index is 1.66.